The van der Waals surface area contributed by atoms with Crippen LogP contribution in [0.3, 0.4) is 0 Å². The monoisotopic (exact) mass is 315 g/mol. The molecule has 3 rings (SSSR count). The molecule has 1 heterocycles. The Morgan fingerprint density at radius 1 is 1.00 bits per heavy atom. The van der Waals surface area contributed by atoms with Crippen molar-refractivity contribution in [2.24, 2.45) is 0 Å². The molecule has 0 aliphatic rings. The van der Waals surface area contributed by atoms with E-state index in [1.165, 1.54) is 12.1 Å². The van der Waals surface area contributed by atoms with Gasteiger partial charge < -0.3 is 0 Å². The second kappa shape index (κ2) is 5.10. The molecule has 0 unspecified atom stereocenters. The second-order valence-electron chi connectivity index (χ2n) is 4.33. The van der Waals surface area contributed by atoms with Gasteiger partial charge in [0.2, 0.25) is 0 Å². The lowest BCUT2D eigenvalue weighted by molar-refractivity contribution is 0.629. The van der Waals surface area contributed by atoms with Crippen molar-refractivity contribution >= 4 is 26.8 Å². The highest BCUT2D eigenvalue weighted by Gasteiger charge is 2.08. The molecule has 0 saturated carbocycles. The smallest absolute Gasteiger partial charge is 0.123 e. The standard InChI is InChI=1S/C16H11BrFN/c17-10-13-8-12-9-14(18)6-7-15(12)19-16(13)11-4-2-1-3-5-11/h1-9H,10H2. The van der Waals surface area contributed by atoms with Crippen LogP contribution in [0, 0.1) is 5.82 Å². The summed E-state index contributed by atoms with van der Waals surface area (Å²) in [7, 11) is 0. The van der Waals surface area contributed by atoms with Gasteiger partial charge in [0.1, 0.15) is 5.82 Å². The predicted molar refractivity (Wildman–Crippen MR) is 79.8 cm³/mol. The van der Waals surface area contributed by atoms with Crippen molar-refractivity contribution in [1.29, 1.82) is 0 Å². The summed E-state index contributed by atoms with van der Waals surface area (Å²) < 4.78 is 13.3. The number of aromatic nitrogens is 1. The minimum absolute atomic E-state index is 0.234. The van der Waals surface area contributed by atoms with Crippen LogP contribution >= 0.6 is 15.9 Å². The number of rotatable bonds is 2. The molecule has 0 N–H and O–H groups in total. The first-order valence-electron chi connectivity index (χ1n) is 5.98. The summed E-state index contributed by atoms with van der Waals surface area (Å²) in [6.45, 7) is 0. The average molecular weight is 316 g/mol. The van der Waals surface area contributed by atoms with E-state index in [9.17, 15) is 4.39 Å². The van der Waals surface area contributed by atoms with Gasteiger partial charge in [0.05, 0.1) is 11.2 Å². The molecule has 1 nitrogen and oxygen atoms in total. The van der Waals surface area contributed by atoms with E-state index in [-0.39, 0.29) is 5.82 Å². The number of alkyl halides is 1. The van der Waals surface area contributed by atoms with Crippen LogP contribution in [0.15, 0.2) is 54.6 Å². The minimum atomic E-state index is -0.234. The largest absolute Gasteiger partial charge is 0.247 e. The number of fused-ring (bicyclic) bond motifs is 1. The average Bonchev–Trinajstić information content (AvgIpc) is 2.46. The molecule has 0 amide bonds. The molecule has 0 saturated heterocycles. The topological polar surface area (TPSA) is 12.9 Å². The first-order chi connectivity index (χ1) is 9.28. The summed E-state index contributed by atoms with van der Waals surface area (Å²) in [5, 5.41) is 1.52. The summed E-state index contributed by atoms with van der Waals surface area (Å²) in [4.78, 5) is 4.66. The number of pyridine rings is 1. The van der Waals surface area contributed by atoms with Crippen molar-refractivity contribution in [3.8, 4) is 11.3 Å². The van der Waals surface area contributed by atoms with Gasteiger partial charge in [-0.05, 0) is 29.8 Å². The van der Waals surface area contributed by atoms with Crippen LogP contribution < -0.4 is 0 Å². The maximum atomic E-state index is 13.3. The van der Waals surface area contributed by atoms with E-state index >= 15 is 0 Å². The van der Waals surface area contributed by atoms with E-state index in [1.54, 1.807) is 6.07 Å². The van der Waals surface area contributed by atoms with Gasteiger partial charge in [-0.3, -0.25) is 0 Å². The first-order valence-corrected chi connectivity index (χ1v) is 7.10. The lowest BCUT2D eigenvalue weighted by atomic mass is 10.0. The molecule has 0 fully saturated rings. The zero-order valence-electron chi connectivity index (χ0n) is 10.1. The van der Waals surface area contributed by atoms with E-state index in [2.05, 4.69) is 20.9 Å². The van der Waals surface area contributed by atoms with Gasteiger partial charge in [-0.1, -0.05) is 46.3 Å². The maximum absolute atomic E-state index is 13.3. The van der Waals surface area contributed by atoms with Crippen LogP contribution in [-0.4, -0.2) is 4.98 Å². The maximum Gasteiger partial charge on any atom is 0.123 e. The number of benzene rings is 2. The molecule has 19 heavy (non-hydrogen) atoms. The Balaban J connectivity index is 2.27. The molecule has 0 atom stereocenters. The second-order valence-corrected chi connectivity index (χ2v) is 4.89. The Hall–Kier alpha value is -1.74. The normalized spacial score (nSPS) is 10.8. The van der Waals surface area contributed by atoms with Crippen LogP contribution in [0.1, 0.15) is 5.56 Å². The van der Waals surface area contributed by atoms with Gasteiger partial charge in [0, 0.05) is 16.3 Å². The molecular weight excluding hydrogens is 305 g/mol. The van der Waals surface area contributed by atoms with Crippen LogP contribution in [0.4, 0.5) is 4.39 Å². The van der Waals surface area contributed by atoms with E-state index < -0.39 is 0 Å². The lowest BCUT2D eigenvalue weighted by Gasteiger charge is -2.09. The van der Waals surface area contributed by atoms with Crippen molar-refractivity contribution in [1.82, 2.24) is 4.98 Å². The molecule has 3 heteroatoms. The van der Waals surface area contributed by atoms with E-state index in [4.69, 9.17) is 0 Å². The third-order valence-electron chi connectivity index (χ3n) is 3.05. The third-order valence-corrected chi connectivity index (χ3v) is 3.65. The molecule has 0 aliphatic heterocycles. The SMILES string of the molecule is Fc1ccc2nc(-c3ccccc3)c(CBr)cc2c1. The van der Waals surface area contributed by atoms with Crippen molar-refractivity contribution in [3.05, 3.63) is 66.0 Å². The van der Waals surface area contributed by atoms with Crippen molar-refractivity contribution < 1.29 is 4.39 Å². The van der Waals surface area contributed by atoms with E-state index in [0.29, 0.717) is 5.33 Å². The summed E-state index contributed by atoms with van der Waals surface area (Å²) in [5.74, 6) is -0.234. The Morgan fingerprint density at radius 2 is 1.79 bits per heavy atom. The van der Waals surface area contributed by atoms with Gasteiger partial charge in [0.25, 0.3) is 0 Å². The van der Waals surface area contributed by atoms with Gasteiger partial charge in [-0.15, -0.1) is 0 Å². The first kappa shape index (κ1) is 12.3. The fraction of sp³-hybridized carbons (Fsp3) is 0.0625. The molecule has 1 aromatic heterocycles. The molecule has 94 valence electrons. The Labute approximate surface area is 119 Å². The van der Waals surface area contributed by atoms with Gasteiger partial charge in [-0.25, -0.2) is 9.37 Å². The van der Waals surface area contributed by atoms with Crippen LogP contribution in [0.25, 0.3) is 22.2 Å². The van der Waals surface area contributed by atoms with Gasteiger partial charge >= 0.3 is 0 Å². The molecule has 3 aromatic rings. The zero-order chi connectivity index (χ0) is 13.2. The van der Waals surface area contributed by atoms with E-state index in [1.807, 2.05) is 36.4 Å². The summed E-state index contributed by atoms with van der Waals surface area (Å²) in [6.07, 6.45) is 0. The predicted octanol–water partition coefficient (Wildman–Crippen LogP) is 4.94. The van der Waals surface area contributed by atoms with Gasteiger partial charge in [-0.2, -0.15) is 0 Å². The molecule has 0 radical (unpaired) electrons. The zero-order valence-corrected chi connectivity index (χ0v) is 11.7. The fourth-order valence-electron chi connectivity index (χ4n) is 2.14. The van der Waals surface area contributed by atoms with Crippen molar-refractivity contribution in [3.63, 3.8) is 0 Å². The van der Waals surface area contributed by atoms with Gasteiger partial charge in [0.15, 0.2) is 0 Å². The number of nitrogens with zero attached hydrogens (tertiary/aromatic N) is 1. The highest BCUT2D eigenvalue weighted by Crippen LogP contribution is 2.27. The summed E-state index contributed by atoms with van der Waals surface area (Å²) in [6, 6.07) is 16.7. The summed E-state index contributed by atoms with van der Waals surface area (Å²) >= 11 is 3.48. The van der Waals surface area contributed by atoms with Crippen molar-refractivity contribution in [2.45, 2.75) is 5.33 Å². The summed E-state index contributed by atoms with van der Waals surface area (Å²) in [5.41, 5.74) is 3.88. The van der Waals surface area contributed by atoms with Crippen molar-refractivity contribution in [2.75, 3.05) is 0 Å². The Kier molecular flexibility index (Phi) is 3.30. The highest BCUT2D eigenvalue weighted by atomic mass is 79.9. The Bertz CT molecular complexity index is 725. The van der Waals surface area contributed by atoms with E-state index in [0.717, 1.165) is 27.7 Å². The molecule has 0 spiro atoms. The fourth-order valence-corrected chi connectivity index (χ4v) is 2.57. The number of hydrogen-bond acceptors (Lipinski definition) is 1. The Morgan fingerprint density at radius 3 is 2.53 bits per heavy atom. The number of hydrogen-bond donors (Lipinski definition) is 0. The molecule has 2 aromatic carbocycles. The third kappa shape index (κ3) is 2.38. The quantitative estimate of drug-likeness (QED) is 0.611. The lowest BCUT2D eigenvalue weighted by Crippen LogP contribution is -1.92. The van der Waals surface area contributed by atoms with Crippen LogP contribution in [0.5, 0.6) is 0 Å². The highest BCUT2D eigenvalue weighted by molar-refractivity contribution is 9.08. The minimum Gasteiger partial charge on any atom is -0.247 e. The van der Waals surface area contributed by atoms with Crippen LogP contribution in [-0.2, 0) is 5.33 Å². The van der Waals surface area contributed by atoms with Crippen LogP contribution in [0.2, 0.25) is 0 Å². The molecular formula is C16H11BrFN. The number of halogens is 2. The molecule has 0 bridgehead atoms. The molecule has 0 aliphatic carbocycles.